The number of rotatable bonds is 4. The van der Waals surface area contributed by atoms with Gasteiger partial charge in [0, 0.05) is 0 Å². The van der Waals surface area contributed by atoms with Crippen molar-refractivity contribution in [3.05, 3.63) is 91.0 Å². The average Bonchev–Trinajstić information content (AvgIpc) is 2.81. The van der Waals surface area contributed by atoms with Gasteiger partial charge < -0.3 is 4.55 Å². The number of hydrogen-bond donors (Lipinski definition) is 1. The molecule has 1 fully saturated rings. The van der Waals surface area contributed by atoms with Crippen molar-refractivity contribution in [2.45, 2.75) is 61.1 Å². The van der Waals surface area contributed by atoms with Crippen LogP contribution in [0.2, 0.25) is 0 Å². The highest BCUT2D eigenvalue weighted by Gasteiger charge is 2.27. The van der Waals surface area contributed by atoms with E-state index in [9.17, 15) is 0 Å². The zero-order valence-corrected chi connectivity index (χ0v) is 21.8. The lowest BCUT2D eigenvalue weighted by atomic mass is 9.78. The Hall–Kier alpha value is -2.12. The molecule has 0 unspecified atom stereocenters. The maximum Gasteiger partial charge on any atom is 0.215 e. The molecule has 0 heterocycles. The van der Waals surface area contributed by atoms with E-state index in [2.05, 4.69) is 112 Å². The predicted molar refractivity (Wildman–Crippen MR) is 140 cm³/mol. The van der Waals surface area contributed by atoms with Crippen molar-refractivity contribution >= 4 is 21.3 Å². The van der Waals surface area contributed by atoms with E-state index in [1.165, 1.54) is 40.4 Å². The second-order valence-corrected chi connectivity index (χ2v) is 11.8. The van der Waals surface area contributed by atoms with Crippen LogP contribution in [-0.2, 0) is 21.3 Å². The molecule has 3 aromatic carbocycles. The van der Waals surface area contributed by atoms with Gasteiger partial charge in [0.25, 0.3) is 0 Å². The minimum Gasteiger partial charge on any atom is -0.726 e. The van der Waals surface area contributed by atoms with E-state index >= 15 is 0 Å². The molecule has 4 rings (SSSR count). The van der Waals surface area contributed by atoms with Gasteiger partial charge in [-0.1, -0.05) is 88.2 Å². The molecule has 0 spiro atoms. The van der Waals surface area contributed by atoms with Crippen LogP contribution in [-0.4, -0.2) is 17.5 Å². The summed E-state index contributed by atoms with van der Waals surface area (Å²) in [6.45, 7) is 7.11. The maximum absolute atomic E-state index is 8.63. The standard InChI is InChI=1S/C18H15S.C10H20.H2O4S/c1-4-10-16(11-5-1)19(17-12-6-2-7-13-17)18-14-8-3-9-15-18;1-8(2)10-6-4-9(3)5-7-10;1-5(2,3)4/h1-15H;8-10H,4-7H2,1-3H3;(H2,1,2,3,4)/q+1;;/p-1. The first kappa shape index (κ1) is 28.1. The Bertz CT molecular complexity index is 930. The third-order valence-corrected chi connectivity index (χ3v) is 8.17. The van der Waals surface area contributed by atoms with E-state index in [0.717, 1.165) is 17.8 Å². The molecule has 1 N–H and O–H groups in total. The van der Waals surface area contributed by atoms with Crippen LogP contribution < -0.4 is 0 Å². The Morgan fingerprint density at radius 2 is 1.03 bits per heavy atom. The van der Waals surface area contributed by atoms with Crippen molar-refractivity contribution in [3.8, 4) is 0 Å². The number of hydrogen-bond acceptors (Lipinski definition) is 3. The molecular weight excluding hydrogens is 464 g/mol. The molecule has 0 saturated heterocycles. The molecule has 1 aliphatic rings. The molecule has 0 aliphatic heterocycles. The van der Waals surface area contributed by atoms with Gasteiger partial charge in [0.15, 0.2) is 14.7 Å². The van der Waals surface area contributed by atoms with Crippen molar-refractivity contribution < 1.29 is 17.5 Å². The highest BCUT2D eigenvalue weighted by Crippen LogP contribution is 2.32. The van der Waals surface area contributed by atoms with Crippen molar-refractivity contribution in [2.24, 2.45) is 17.8 Å². The van der Waals surface area contributed by atoms with E-state index in [1.54, 1.807) is 0 Å². The minimum absolute atomic E-state index is 0.0146. The summed E-state index contributed by atoms with van der Waals surface area (Å²) in [7, 11) is -4.93. The van der Waals surface area contributed by atoms with E-state index in [4.69, 9.17) is 17.5 Å². The zero-order chi connectivity index (χ0) is 25.0. The fourth-order valence-corrected chi connectivity index (χ4v) is 6.13. The zero-order valence-electron chi connectivity index (χ0n) is 20.2. The molecule has 4 nitrogen and oxygen atoms in total. The first-order valence-corrected chi connectivity index (χ1v) is 14.3. The molecule has 0 bridgehead atoms. The maximum atomic E-state index is 8.63. The van der Waals surface area contributed by atoms with E-state index in [1.807, 2.05) is 0 Å². The summed E-state index contributed by atoms with van der Waals surface area (Å²) in [5.74, 6) is 2.97. The molecule has 6 heteroatoms. The Labute approximate surface area is 208 Å². The molecule has 184 valence electrons. The van der Waals surface area contributed by atoms with Gasteiger partial charge in [0.1, 0.15) is 0 Å². The highest BCUT2D eigenvalue weighted by atomic mass is 32.3. The van der Waals surface area contributed by atoms with Gasteiger partial charge in [-0.2, -0.15) is 0 Å². The van der Waals surface area contributed by atoms with Gasteiger partial charge in [0.05, 0.1) is 10.9 Å². The normalized spacial score (nSPS) is 17.9. The summed E-state index contributed by atoms with van der Waals surface area (Å²) in [6.07, 6.45) is 5.92. The lowest BCUT2D eigenvalue weighted by molar-refractivity contribution is 0.234. The van der Waals surface area contributed by atoms with Gasteiger partial charge in [-0.15, -0.1) is 0 Å². The summed E-state index contributed by atoms with van der Waals surface area (Å²) in [5, 5.41) is 0. The molecule has 0 amide bonds. The molecule has 0 aromatic heterocycles. The van der Waals surface area contributed by atoms with Gasteiger partial charge in [-0.25, -0.2) is 8.42 Å². The fraction of sp³-hybridized carbons (Fsp3) is 0.357. The summed E-state index contributed by atoms with van der Waals surface area (Å²) in [6, 6.07) is 32.2. The van der Waals surface area contributed by atoms with E-state index in [-0.39, 0.29) is 10.9 Å². The largest absolute Gasteiger partial charge is 0.726 e. The Balaban J connectivity index is 0.000000228. The average molecular weight is 501 g/mol. The van der Waals surface area contributed by atoms with Crippen molar-refractivity contribution in [1.29, 1.82) is 0 Å². The molecule has 1 saturated carbocycles. The Kier molecular flexibility index (Phi) is 11.8. The summed E-state index contributed by atoms with van der Waals surface area (Å²) >= 11 is 0. The molecule has 1 aliphatic carbocycles. The summed E-state index contributed by atoms with van der Waals surface area (Å²) in [4.78, 5) is 4.08. The lowest BCUT2D eigenvalue weighted by Gasteiger charge is -2.28. The summed E-state index contributed by atoms with van der Waals surface area (Å²) in [5.41, 5.74) is 0. The van der Waals surface area contributed by atoms with Crippen LogP contribution >= 0.6 is 0 Å². The van der Waals surface area contributed by atoms with Crippen molar-refractivity contribution in [2.75, 3.05) is 0 Å². The minimum atomic E-state index is -4.92. The van der Waals surface area contributed by atoms with Crippen LogP contribution in [0.5, 0.6) is 0 Å². The second kappa shape index (κ2) is 14.3. The van der Waals surface area contributed by atoms with Crippen LogP contribution in [0.1, 0.15) is 46.5 Å². The molecule has 0 radical (unpaired) electrons. The lowest BCUT2D eigenvalue weighted by Crippen LogP contribution is -2.16. The third kappa shape index (κ3) is 10.9. The van der Waals surface area contributed by atoms with E-state index < -0.39 is 10.4 Å². The Morgan fingerprint density at radius 1 is 0.735 bits per heavy atom. The summed E-state index contributed by atoms with van der Waals surface area (Å²) < 4.78 is 32.8. The molecule has 0 atom stereocenters. The van der Waals surface area contributed by atoms with Crippen molar-refractivity contribution in [1.82, 2.24) is 0 Å². The van der Waals surface area contributed by atoms with Gasteiger partial charge >= 0.3 is 0 Å². The monoisotopic (exact) mass is 500 g/mol. The van der Waals surface area contributed by atoms with Crippen LogP contribution in [0, 0.1) is 17.8 Å². The molecule has 3 aromatic rings. The quantitative estimate of drug-likeness (QED) is 0.232. The highest BCUT2D eigenvalue weighted by molar-refractivity contribution is 7.97. The third-order valence-electron chi connectivity index (χ3n) is 5.94. The predicted octanol–water partition coefficient (Wildman–Crippen LogP) is 7.26. The SMILES string of the molecule is CC1CCC(C(C)C)CC1.O=S(=O)([O-])O.c1ccc([S+](c2ccccc2)c2ccccc2)cc1. The fourth-order valence-electron chi connectivity index (χ4n) is 4.03. The molecular formula is C28H36O4S2. The van der Waals surface area contributed by atoms with Gasteiger partial charge in [-0.3, -0.25) is 4.55 Å². The first-order chi connectivity index (χ1) is 16.1. The van der Waals surface area contributed by atoms with E-state index in [0.29, 0.717) is 0 Å². The van der Waals surface area contributed by atoms with Crippen LogP contribution in [0.25, 0.3) is 0 Å². The van der Waals surface area contributed by atoms with Crippen molar-refractivity contribution in [3.63, 3.8) is 0 Å². The van der Waals surface area contributed by atoms with Crippen LogP contribution in [0.15, 0.2) is 106 Å². The van der Waals surface area contributed by atoms with Crippen LogP contribution in [0.4, 0.5) is 0 Å². The number of benzene rings is 3. The van der Waals surface area contributed by atoms with Crippen LogP contribution in [0.3, 0.4) is 0 Å². The second-order valence-electron chi connectivity index (χ2n) is 8.94. The van der Waals surface area contributed by atoms with Gasteiger partial charge in [0.2, 0.25) is 10.4 Å². The first-order valence-electron chi connectivity index (χ1n) is 11.7. The van der Waals surface area contributed by atoms with Gasteiger partial charge in [-0.05, 0) is 67.0 Å². The smallest absolute Gasteiger partial charge is 0.215 e. The molecule has 34 heavy (non-hydrogen) atoms. The topological polar surface area (TPSA) is 77.4 Å². The Morgan fingerprint density at radius 3 is 1.29 bits per heavy atom.